The number of fused-ring (bicyclic) bond motifs is 3. The van der Waals surface area contributed by atoms with Gasteiger partial charge in [0, 0.05) is 5.92 Å². The van der Waals surface area contributed by atoms with Crippen molar-refractivity contribution < 1.29 is 23.8 Å². The van der Waals surface area contributed by atoms with E-state index in [0.717, 1.165) is 22.3 Å². The van der Waals surface area contributed by atoms with Crippen molar-refractivity contribution in [3.8, 4) is 16.9 Å². The van der Waals surface area contributed by atoms with Crippen LogP contribution < -0.4 is 10.1 Å². The monoisotopic (exact) mass is 629 g/mol. The van der Waals surface area contributed by atoms with Gasteiger partial charge in [-0.3, -0.25) is 0 Å². The molecule has 0 heterocycles. The molecule has 0 radical (unpaired) electrons. The standard InChI is InChI=1S/C28H24Cl5NO5/c1-14(2)11-15(12-38-28(36)39-26-24(32)22(30)21(29)23(31)25(26)33)34-27(35)37-13-20-18-9-5-3-7-16(18)17-8-4-6-10-19(17)20/h3-10,14-15,20H,11-13H2,1-2H3,(H,34,35)/t15-/m0/s1. The molecule has 3 aromatic rings. The van der Waals surface area contributed by atoms with Crippen LogP contribution in [0.3, 0.4) is 0 Å². The van der Waals surface area contributed by atoms with Gasteiger partial charge in [0.1, 0.15) is 23.3 Å². The lowest BCUT2D eigenvalue weighted by Crippen LogP contribution is -2.40. The molecule has 4 rings (SSSR count). The van der Waals surface area contributed by atoms with Crippen LogP contribution in [0.1, 0.15) is 37.3 Å². The first-order valence-electron chi connectivity index (χ1n) is 12.1. The molecule has 11 heteroatoms. The minimum atomic E-state index is -1.11. The van der Waals surface area contributed by atoms with Crippen LogP contribution in [-0.4, -0.2) is 31.5 Å². The van der Waals surface area contributed by atoms with Gasteiger partial charge in [-0.2, -0.15) is 0 Å². The van der Waals surface area contributed by atoms with Crippen LogP contribution in [0.25, 0.3) is 11.1 Å². The minimum absolute atomic E-state index is 0.0710. The zero-order chi connectivity index (χ0) is 28.3. The summed E-state index contributed by atoms with van der Waals surface area (Å²) in [4.78, 5) is 25.2. The third-order valence-electron chi connectivity index (χ3n) is 6.18. The zero-order valence-corrected chi connectivity index (χ0v) is 24.7. The second-order valence-corrected chi connectivity index (χ2v) is 11.2. The quantitative estimate of drug-likeness (QED) is 0.116. The Labute approximate surface area is 251 Å². The highest BCUT2D eigenvalue weighted by Crippen LogP contribution is 2.48. The van der Waals surface area contributed by atoms with Crippen LogP contribution in [0.2, 0.25) is 25.1 Å². The summed E-state index contributed by atoms with van der Waals surface area (Å²) in [6, 6.07) is 15.6. The Kier molecular flexibility index (Phi) is 9.78. The van der Waals surface area contributed by atoms with Crippen molar-refractivity contribution in [3.05, 3.63) is 84.8 Å². The van der Waals surface area contributed by atoms with E-state index < -0.39 is 18.3 Å². The fourth-order valence-corrected chi connectivity index (χ4v) is 5.70. The maximum atomic E-state index is 12.8. The lowest BCUT2D eigenvalue weighted by molar-refractivity contribution is 0.0822. The van der Waals surface area contributed by atoms with E-state index in [2.05, 4.69) is 17.4 Å². The lowest BCUT2D eigenvalue weighted by atomic mass is 9.98. The smallest absolute Gasteiger partial charge is 0.449 e. The van der Waals surface area contributed by atoms with E-state index in [0.29, 0.717) is 6.42 Å². The van der Waals surface area contributed by atoms with E-state index in [-0.39, 0.29) is 55.9 Å². The third kappa shape index (κ3) is 6.69. The predicted molar refractivity (Wildman–Crippen MR) is 155 cm³/mol. The molecule has 0 spiro atoms. The summed E-state index contributed by atoms with van der Waals surface area (Å²) in [5.41, 5.74) is 4.48. The molecule has 0 unspecified atom stereocenters. The fourth-order valence-electron chi connectivity index (χ4n) is 4.50. The Morgan fingerprint density at radius 2 is 1.31 bits per heavy atom. The molecule has 3 aromatic carbocycles. The first-order chi connectivity index (χ1) is 18.6. The van der Waals surface area contributed by atoms with Gasteiger partial charge in [-0.15, -0.1) is 0 Å². The number of hydrogen-bond donors (Lipinski definition) is 1. The van der Waals surface area contributed by atoms with Crippen LogP contribution in [-0.2, 0) is 9.47 Å². The van der Waals surface area contributed by atoms with Crippen LogP contribution in [0.5, 0.6) is 5.75 Å². The normalized spacial score (nSPS) is 13.0. The van der Waals surface area contributed by atoms with Gasteiger partial charge in [0.05, 0.1) is 21.1 Å². The van der Waals surface area contributed by atoms with Gasteiger partial charge in [-0.25, -0.2) is 9.59 Å². The van der Waals surface area contributed by atoms with Crippen molar-refractivity contribution >= 4 is 70.3 Å². The van der Waals surface area contributed by atoms with Gasteiger partial charge < -0.3 is 19.5 Å². The van der Waals surface area contributed by atoms with Crippen LogP contribution in [0.4, 0.5) is 9.59 Å². The summed E-state index contributed by atoms with van der Waals surface area (Å²) in [5.74, 6) is -0.181. The molecule has 1 amide bonds. The zero-order valence-electron chi connectivity index (χ0n) is 20.9. The fraction of sp³-hybridized carbons (Fsp3) is 0.286. The van der Waals surface area contributed by atoms with E-state index in [1.165, 1.54) is 0 Å². The predicted octanol–water partition coefficient (Wildman–Crippen LogP) is 9.42. The van der Waals surface area contributed by atoms with Crippen molar-refractivity contribution in [2.45, 2.75) is 32.2 Å². The molecule has 1 aliphatic rings. The molecule has 0 fully saturated rings. The number of ether oxygens (including phenoxy) is 3. The maximum Gasteiger partial charge on any atom is 0.514 e. The van der Waals surface area contributed by atoms with Gasteiger partial charge in [-0.1, -0.05) is 120 Å². The van der Waals surface area contributed by atoms with E-state index in [1.807, 2.05) is 50.2 Å². The minimum Gasteiger partial charge on any atom is -0.449 e. The van der Waals surface area contributed by atoms with E-state index in [9.17, 15) is 9.59 Å². The van der Waals surface area contributed by atoms with Crippen molar-refractivity contribution in [3.63, 3.8) is 0 Å². The molecule has 0 aromatic heterocycles. The number of alkyl carbamates (subject to hydrolysis) is 1. The summed E-state index contributed by atoms with van der Waals surface area (Å²) in [7, 11) is 0. The van der Waals surface area contributed by atoms with Gasteiger partial charge in [0.15, 0.2) is 5.75 Å². The number of hydrogen-bond acceptors (Lipinski definition) is 5. The number of carbonyl (C=O) groups excluding carboxylic acids is 2. The Morgan fingerprint density at radius 1 is 0.795 bits per heavy atom. The highest BCUT2D eigenvalue weighted by atomic mass is 35.5. The highest BCUT2D eigenvalue weighted by molar-refractivity contribution is 6.55. The average Bonchev–Trinajstić information content (AvgIpc) is 3.24. The maximum absolute atomic E-state index is 12.8. The molecule has 0 bridgehead atoms. The summed E-state index contributed by atoms with van der Waals surface area (Å²) >= 11 is 30.2. The van der Waals surface area contributed by atoms with Gasteiger partial charge in [0.2, 0.25) is 0 Å². The second kappa shape index (κ2) is 12.9. The Hall–Kier alpha value is -2.35. The summed E-state index contributed by atoms with van der Waals surface area (Å²) in [5, 5.41) is 2.09. The number of halogens is 5. The van der Waals surface area contributed by atoms with Crippen LogP contribution >= 0.6 is 58.0 Å². The van der Waals surface area contributed by atoms with Gasteiger partial charge >= 0.3 is 12.2 Å². The summed E-state index contributed by atoms with van der Waals surface area (Å²) in [6.45, 7) is 3.92. The number of nitrogens with one attached hydrogen (secondary N) is 1. The largest absolute Gasteiger partial charge is 0.514 e. The van der Waals surface area contributed by atoms with E-state index in [1.54, 1.807) is 0 Å². The SMILES string of the molecule is CC(C)C[C@@H](COC(=O)Oc1c(Cl)c(Cl)c(Cl)c(Cl)c1Cl)NC(=O)OCC1c2ccccc2-c2ccccc21. The molecular formula is C28H24Cl5NO5. The van der Waals surface area contributed by atoms with E-state index >= 15 is 0 Å². The van der Waals surface area contributed by atoms with Crippen molar-refractivity contribution in [2.75, 3.05) is 13.2 Å². The summed E-state index contributed by atoms with van der Waals surface area (Å²) in [6.07, 6.45) is -1.23. The molecular weight excluding hydrogens is 608 g/mol. The average molecular weight is 632 g/mol. The molecule has 6 nitrogen and oxygen atoms in total. The Balaban J connectivity index is 1.37. The number of benzene rings is 3. The number of rotatable bonds is 8. The topological polar surface area (TPSA) is 73.9 Å². The molecule has 206 valence electrons. The van der Waals surface area contributed by atoms with Gasteiger partial charge in [0.25, 0.3) is 0 Å². The number of amides is 1. The third-order valence-corrected chi connectivity index (χ3v) is 8.42. The molecule has 1 aliphatic carbocycles. The first-order valence-corrected chi connectivity index (χ1v) is 13.9. The van der Waals surface area contributed by atoms with Crippen molar-refractivity contribution in [2.24, 2.45) is 5.92 Å². The molecule has 0 saturated heterocycles. The molecule has 39 heavy (non-hydrogen) atoms. The number of carbonyl (C=O) groups is 2. The lowest BCUT2D eigenvalue weighted by Gasteiger charge is -2.21. The molecule has 0 saturated carbocycles. The molecule has 1 N–H and O–H groups in total. The summed E-state index contributed by atoms with van der Waals surface area (Å²) < 4.78 is 16.0. The van der Waals surface area contributed by atoms with Crippen molar-refractivity contribution in [1.29, 1.82) is 0 Å². The first kappa shape index (κ1) is 29.6. The Morgan fingerprint density at radius 3 is 1.85 bits per heavy atom. The van der Waals surface area contributed by atoms with E-state index in [4.69, 9.17) is 72.2 Å². The highest BCUT2D eigenvalue weighted by Gasteiger charge is 2.30. The second-order valence-electron chi connectivity index (χ2n) is 9.36. The molecule has 0 aliphatic heterocycles. The molecule has 1 atom stereocenters. The van der Waals surface area contributed by atoms with Gasteiger partial charge in [-0.05, 0) is 34.6 Å². The van der Waals surface area contributed by atoms with Crippen LogP contribution in [0.15, 0.2) is 48.5 Å². The van der Waals surface area contributed by atoms with Crippen molar-refractivity contribution in [1.82, 2.24) is 5.32 Å². The Bertz CT molecular complexity index is 1320. The van der Waals surface area contributed by atoms with Crippen LogP contribution in [0, 0.1) is 5.92 Å².